The van der Waals surface area contributed by atoms with Gasteiger partial charge in [-0.05, 0) is 44.4 Å². The van der Waals surface area contributed by atoms with Gasteiger partial charge in [-0.15, -0.1) is 24.0 Å². The molecule has 0 aliphatic heterocycles. The first kappa shape index (κ1) is 23.0. The lowest BCUT2D eigenvalue weighted by Crippen LogP contribution is -2.37. The van der Waals surface area contributed by atoms with Crippen molar-refractivity contribution in [3.05, 3.63) is 29.8 Å². The third kappa shape index (κ3) is 9.97. The molecule has 0 fully saturated rings. The number of nitrogens with zero attached hydrogens (tertiary/aromatic N) is 2. The van der Waals surface area contributed by atoms with E-state index < -0.39 is 0 Å². The van der Waals surface area contributed by atoms with Crippen molar-refractivity contribution in [3.63, 3.8) is 0 Å². The van der Waals surface area contributed by atoms with Crippen molar-refractivity contribution < 1.29 is 4.74 Å². The number of rotatable bonds is 10. The van der Waals surface area contributed by atoms with Crippen LogP contribution in [0, 0.1) is 0 Å². The molecule has 1 aromatic rings. The summed E-state index contributed by atoms with van der Waals surface area (Å²) in [7, 11) is 4.10. The fourth-order valence-electron chi connectivity index (χ4n) is 2.13. The zero-order valence-electron chi connectivity index (χ0n) is 15.5. The van der Waals surface area contributed by atoms with Crippen molar-refractivity contribution in [2.45, 2.75) is 33.2 Å². The third-order valence-corrected chi connectivity index (χ3v) is 3.40. The summed E-state index contributed by atoms with van der Waals surface area (Å²) < 4.78 is 5.35. The monoisotopic (exact) mass is 448 g/mol. The first-order valence-electron chi connectivity index (χ1n) is 8.53. The standard InChI is InChI=1S/C18H32N4O.HI/c1-5-19-18(20-12-7-8-13-23-6-2)21-15-16-10-9-11-17(14-16)22(3)4;/h9-11,14H,5-8,12-13,15H2,1-4H3,(H2,19,20,21);1H. The van der Waals surface area contributed by atoms with E-state index >= 15 is 0 Å². The maximum absolute atomic E-state index is 5.35. The van der Waals surface area contributed by atoms with E-state index in [0.717, 1.165) is 45.1 Å². The Bertz CT molecular complexity index is 466. The highest BCUT2D eigenvalue weighted by atomic mass is 127. The summed E-state index contributed by atoms with van der Waals surface area (Å²) in [5, 5.41) is 6.67. The average molecular weight is 448 g/mol. The van der Waals surface area contributed by atoms with Crippen LogP contribution >= 0.6 is 24.0 Å². The number of hydrogen-bond acceptors (Lipinski definition) is 3. The third-order valence-electron chi connectivity index (χ3n) is 3.40. The quantitative estimate of drug-likeness (QED) is 0.250. The number of unbranched alkanes of at least 4 members (excludes halogenated alkanes) is 1. The van der Waals surface area contributed by atoms with Crippen molar-refractivity contribution in [1.29, 1.82) is 0 Å². The highest BCUT2D eigenvalue weighted by molar-refractivity contribution is 14.0. The molecule has 0 aliphatic carbocycles. The molecule has 6 heteroatoms. The number of halogens is 1. The Labute approximate surface area is 164 Å². The molecule has 0 unspecified atom stereocenters. The average Bonchev–Trinajstić information content (AvgIpc) is 2.56. The Kier molecular flexibility index (Phi) is 13.7. The van der Waals surface area contributed by atoms with E-state index in [9.17, 15) is 0 Å². The van der Waals surface area contributed by atoms with Gasteiger partial charge in [-0.2, -0.15) is 0 Å². The van der Waals surface area contributed by atoms with Crippen LogP contribution in [0.4, 0.5) is 5.69 Å². The summed E-state index contributed by atoms with van der Waals surface area (Å²) in [4.78, 5) is 6.77. The topological polar surface area (TPSA) is 48.9 Å². The number of ether oxygens (including phenoxy) is 1. The van der Waals surface area contributed by atoms with Crippen molar-refractivity contribution in [2.75, 3.05) is 45.3 Å². The van der Waals surface area contributed by atoms with E-state index in [1.807, 2.05) is 6.92 Å². The molecule has 0 bridgehead atoms. The van der Waals surface area contributed by atoms with Crippen LogP contribution < -0.4 is 15.5 Å². The molecular formula is C18H33IN4O. The predicted octanol–water partition coefficient (Wildman–Crippen LogP) is 3.24. The van der Waals surface area contributed by atoms with Gasteiger partial charge in [-0.25, -0.2) is 4.99 Å². The Morgan fingerprint density at radius 1 is 1.17 bits per heavy atom. The van der Waals surface area contributed by atoms with Gasteiger partial charge in [0.1, 0.15) is 0 Å². The minimum atomic E-state index is 0. The van der Waals surface area contributed by atoms with Gasteiger partial charge in [-0.3, -0.25) is 0 Å². The normalized spacial score (nSPS) is 10.9. The Hall–Kier alpha value is -1.02. The second-order valence-electron chi connectivity index (χ2n) is 5.59. The molecule has 138 valence electrons. The summed E-state index contributed by atoms with van der Waals surface area (Å²) >= 11 is 0. The maximum atomic E-state index is 5.35. The van der Waals surface area contributed by atoms with Gasteiger partial charge < -0.3 is 20.3 Å². The minimum Gasteiger partial charge on any atom is -0.382 e. The molecule has 0 aliphatic rings. The van der Waals surface area contributed by atoms with E-state index in [4.69, 9.17) is 4.74 Å². The number of nitrogens with one attached hydrogen (secondary N) is 2. The van der Waals surface area contributed by atoms with E-state index in [2.05, 4.69) is 65.8 Å². The summed E-state index contributed by atoms with van der Waals surface area (Å²) in [6, 6.07) is 8.47. The Morgan fingerprint density at radius 2 is 1.96 bits per heavy atom. The largest absolute Gasteiger partial charge is 0.382 e. The smallest absolute Gasteiger partial charge is 0.191 e. The summed E-state index contributed by atoms with van der Waals surface area (Å²) in [5.41, 5.74) is 2.41. The predicted molar refractivity (Wildman–Crippen MR) is 115 cm³/mol. The molecule has 1 rings (SSSR count). The number of hydrogen-bond donors (Lipinski definition) is 2. The van der Waals surface area contributed by atoms with Crippen LogP contribution in [0.5, 0.6) is 0 Å². The fourth-order valence-corrected chi connectivity index (χ4v) is 2.13. The minimum absolute atomic E-state index is 0. The van der Waals surface area contributed by atoms with E-state index in [1.54, 1.807) is 0 Å². The first-order valence-corrected chi connectivity index (χ1v) is 8.53. The molecule has 0 spiro atoms. The SMILES string of the molecule is CCNC(=NCc1cccc(N(C)C)c1)NCCCCOCC.I. The highest BCUT2D eigenvalue weighted by Gasteiger charge is 2.00. The molecule has 5 nitrogen and oxygen atoms in total. The zero-order valence-corrected chi connectivity index (χ0v) is 17.8. The van der Waals surface area contributed by atoms with Crippen molar-refractivity contribution >= 4 is 35.6 Å². The lowest BCUT2D eigenvalue weighted by atomic mass is 10.2. The summed E-state index contributed by atoms with van der Waals surface area (Å²) in [6.45, 7) is 8.19. The van der Waals surface area contributed by atoms with Crippen LogP contribution in [0.3, 0.4) is 0 Å². The van der Waals surface area contributed by atoms with Gasteiger partial charge in [-0.1, -0.05) is 12.1 Å². The van der Waals surface area contributed by atoms with Crippen molar-refractivity contribution in [3.8, 4) is 0 Å². The van der Waals surface area contributed by atoms with Crippen LogP contribution in [0.25, 0.3) is 0 Å². The van der Waals surface area contributed by atoms with Crippen LogP contribution in [0.15, 0.2) is 29.3 Å². The van der Waals surface area contributed by atoms with Crippen LogP contribution in [-0.4, -0.2) is 46.4 Å². The lowest BCUT2D eigenvalue weighted by Gasteiger charge is -2.14. The lowest BCUT2D eigenvalue weighted by molar-refractivity contribution is 0.143. The highest BCUT2D eigenvalue weighted by Crippen LogP contribution is 2.13. The molecule has 0 heterocycles. The van der Waals surface area contributed by atoms with Gasteiger partial charge in [0.2, 0.25) is 0 Å². The second kappa shape index (κ2) is 14.3. The van der Waals surface area contributed by atoms with Crippen LogP contribution in [0.2, 0.25) is 0 Å². The molecule has 0 aromatic heterocycles. The van der Waals surface area contributed by atoms with Gasteiger partial charge in [0.15, 0.2) is 5.96 Å². The van der Waals surface area contributed by atoms with Crippen molar-refractivity contribution in [2.24, 2.45) is 4.99 Å². The molecule has 0 saturated heterocycles. The van der Waals surface area contributed by atoms with Crippen LogP contribution in [0.1, 0.15) is 32.3 Å². The van der Waals surface area contributed by atoms with E-state index in [0.29, 0.717) is 6.54 Å². The van der Waals surface area contributed by atoms with Gasteiger partial charge in [0.05, 0.1) is 6.54 Å². The molecule has 0 atom stereocenters. The molecule has 0 saturated carbocycles. The fraction of sp³-hybridized carbons (Fsp3) is 0.611. The van der Waals surface area contributed by atoms with Gasteiger partial charge in [0, 0.05) is 46.1 Å². The number of aliphatic imine (C=N–C) groups is 1. The van der Waals surface area contributed by atoms with Crippen LogP contribution in [-0.2, 0) is 11.3 Å². The first-order chi connectivity index (χ1) is 11.2. The molecule has 0 amide bonds. The Balaban J connectivity index is 0.00000529. The van der Waals surface area contributed by atoms with Crippen molar-refractivity contribution in [1.82, 2.24) is 10.6 Å². The number of benzene rings is 1. The molecule has 2 N–H and O–H groups in total. The van der Waals surface area contributed by atoms with Gasteiger partial charge >= 0.3 is 0 Å². The summed E-state index contributed by atoms with van der Waals surface area (Å²) in [6.07, 6.45) is 2.16. The second-order valence-corrected chi connectivity index (χ2v) is 5.59. The Morgan fingerprint density at radius 3 is 2.62 bits per heavy atom. The zero-order chi connectivity index (χ0) is 16.9. The maximum Gasteiger partial charge on any atom is 0.191 e. The molecule has 0 radical (unpaired) electrons. The van der Waals surface area contributed by atoms with Gasteiger partial charge in [0.25, 0.3) is 0 Å². The van der Waals surface area contributed by atoms with E-state index in [-0.39, 0.29) is 24.0 Å². The summed E-state index contributed by atoms with van der Waals surface area (Å²) in [5.74, 6) is 0.874. The molecular weight excluding hydrogens is 415 g/mol. The number of anilines is 1. The van der Waals surface area contributed by atoms with E-state index in [1.165, 1.54) is 11.3 Å². The molecule has 1 aromatic carbocycles. The molecule has 24 heavy (non-hydrogen) atoms. The number of guanidine groups is 1.